The van der Waals surface area contributed by atoms with E-state index in [-0.39, 0.29) is 6.04 Å². The van der Waals surface area contributed by atoms with Crippen LogP contribution in [0, 0.1) is 0 Å². The third-order valence-corrected chi connectivity index (χ3v) is 3.94. The zero-order valence-electron chi connectivity index (χ0n) is 11.1. The van der Waals surface area contributed by atoms with Gasteiger partial charge in [0.25, 0.3) is 0 Å². The Morgan fingerprint density at radius 3 is 2.50 bits per heavy atom. The summed E-state index contributed by atoms with van der Waals surface area (Å²) >= 11 is 17.8. The van der Waals surface area contributed by atoms with E-state index in [2.05, 4.69) is 12.2 Å². The zero-order chi connectivity index (χ0) is 14.5. The van der Waals surface area contributed by atoms with Gasteiger partial charge in [0.15, 0.2) is 5.22 Å². The van der Waals surface area contributed by atoms with Crippen molar-refractivity contribution in [2.24, 2.45) is 0 Å². The fraction of sp³-hybridized carbons (Fsp3) is 0.333. The zero-order valence-corrected chi connectivity index (χ0v) is 13.4. The van der Waals surface area contributed by atoms with Crippen LogP contribution >= 0.6 is 34.8 Å². The summed E-state index contributed by atoms with van der Waals surface area (Å²) in [6.45, 7) is 3.03. The van der Waals surface area contributed by atoms with Crippen LogP contribution in [0.2, 0.25) is 15.3 Å². The molecule has 0 spiro atoms. The lowest BCUT2D eigenvalue weighted by atomic mass is 10.0. The normalized spacial score (nSPS) is 12.6. The predicted molar refractivity (Wildman–Crippen MR) is 84.9 cm³/mol. The van der Waals surface area contributed by atoms with Gasteiger partial charge in [0.2, 0.25) is 0 Å². The molecule has 1 unspecified atom stereocenters. The summed E-state index contributed by atoms with van der Waals surface area (Å²) in [6.07, 6.45) is 1.81. The largest absolute Gasteiger partial charge is 0.448 e. The molecule has 0 amide bonds. The van der Waals surface area contributed by atoms with Gasteiger partial charge < -0.3 is 9.73 Å². The molecule has 0 saturated heterocycles. The van der Waals surface area contributed by atoms with Gasteiger partial charge in [-0.3, -0.25) is 0 Å². The van der Waals surface area contributed by atoms with E-state index in [1.165, 1.54) is 0 Å². The molecule has 0 fully saturated rings. The van der Waals surface area contributed by atoms with Crippen LogP contribution in [0.4, 0.5) is 0 Å². The fourth-order valence-corrected chi connectivity index (χ4v) is 2.48. The standard InChI is InChI=1S/C15H16Cl3NO/c1-2-7-19-13(14-5-6-15(18)20-14)9-10-3-4-11(16)12(17)8-10/h3-6,8,13,19H,2,7,9H2,1H3. The first-order valence-electron chi connectivity index (χ1n) is 6.52. The van der Waals surface area contributed by atoms with Crippen molar-refractivity contribution < 1.29 is 4.42 Å². The lowest BCUT2D eigenvalue weighted by molar-refractivity contribution is 0.411. The highest BCUT2D eigenvalue weighted by Gasteiger charge is 2.16. The van der Waals surface area contributed by atoms with Crippen molar-refractivity contribution in [1.82, 2.24) is 5.32 Å². The average molecular weight is 333 g/mol. The molecule has 1 aromatic heterocycles. The van der Waals surface area contributed by atoms with Gasteiger partial charge in [-0.2, -0.15) is 0 Å². The number of hydrogen-bond donors (Lipinski definition) is 1. The second-order valence-corrected chi connectivity index (χ2v) is 5.79. The molecule has 0 bridgehead atoms. The maximum absolute atomic E-state index is 6.05. The molecule has 108 valence electrons. The predicted octanol–water partition coefficient (Wildman–Crippen LogP) is 5.52. The molecular weight excluding hydrogens is 317 g/mol. The summed E-state index contributed by atoms with van der Waals surface area (Å²) in [6, 6.07) is 9.39. The van der Waals surface area contributed by atoms with Crippen LogP contribution in [-0.2, 0) is 6.42 Å². The van der Waals surface area contributed by atoms with E-state index in [1.807, 2.05) is 24.3 Å². The third-order valence-electron chi connectivity index (χ3n) is 3.00. The Hall–Kier alpha value is -0.670. The number of hydrogen-bond acceptors (Lipinski definition) is 2. The van der Waals surface area contributed by atoms with Crippen molar-refractivity contribution in [2.75, 3.05) is 6.54 Å². The van der Waals surface area contributed by atoms with E-state index in [4.69, 9.17) is 39.2 Å². The summed E-state index contributed by atoms with van der Waals surface area (Å²) in [5.41, 5.74) is 1.10. The van der Waals surface area contributed by atoms with Gasteiger partial charge in [0.05, 0.1) is 16.1 Å². The Balaban J connectivity index is 2.16. The van der Waals surface area contributed by atoms with Crippen molar-refractivity contribution >= 4 is 34.8 Å². The maximum Gasteiger partial charge on any atom is 0.193 e. The van der Waals surface area contributed by atoms with E-state index < -0.39 is 0 Å². The summed E-state index contributed by atoms with van der Waals surface area (Å²) in [7, 11) is 0. The smallest absolute Gasteiger partial charge is 0.193 e. The quantitative estimate of drug-likeness (QED) is 0.753. The Morgan fingerprint density at radius 1 is 1.10 bits per heavy atom. The molecule has 2 aromatic rings. The monoisotopic (exact) mass is 331 g/mol. The lowest BCUT2D eigenvalue weighted by Crippen LogP contribution is -2.23. The molecule has 1 atom stereocenters. The van der Waals surface area contributed by atoms with E-state index in [9.17, 15) is 0 Å². The van der Waals surface area contributed by atoms with Crippen LogP contribution in [0.15, 0.2) is 34.7 Å². The van der Waals surface area contributed by atoms with E-state index in [0.717, 1.165) is 30.7 Å². The molecule has 1 heterocycles. The SMILES string of the molecule is CCCNC(Cc1ccc(Cl)c(Cl)c1)c1ccc(Cl)o1. The van der Waals surface area contributed by atoms with Crippen molar-refractivity contribution in [3.8, 4) is 0 Å². The molecular formula is C15H16Cl3NO. The molecule has 2 nitrogen and oxygen atoms in total. The van der Waals surface area contributed by atoms with Gasteiger partial charge in [-0.1, -0.05) is 36.2 Å². The van der Waals surface area contributed by atoms with Gasteiger partial charge in [0.1, 0.15) is 5.76 Å². The fourth-order valence-electron chi connectivity index (χ4n) is 2.01. The molecule has 1 N–H and O–H groups in total. The molecule has 1 aromatic carbocycles. The third kappa shape index (κ3) is 4.16. The molecule has 20 heavy (non-hydrogen) atoms. The summed E-state index contributed by atoms with van der Waals surface area (Å²) in [5, 5.41) is 4.98. The van der Waals surface area contributed by atoms with Crippen LogP contribution in [0.1, 0.15) is 30.7 Å². The van der Waals surface area contributed by atoms with Gasteiger partial charge in [-0.05, 0) is 60.8 Å². The van der Waals surface area contributed by atoms with Crippen molar-refractivity contribution in [3.05, 3.63) is 56.9 Å². The molecule has 5 heteroatoms. The summed E-state index contributed by atoms with van der Waals surface area (Å²) in [5.74, 6) is 0.828. The van der Waals surface area contributed by atoms with Crippen LogP contribution < -0.4 is 5.32 Å². The second kappa shape index (κ2) is 7.37. The highest BCUT2D eigenvalue weighted by atomic mass is 35.5. The molecule has 0 aliphatic heterocycles. The first kappa shape index (κ1) is 15.7. The maximum atomic E-state index is 6.05. The number of rotatable bonds is 6. The van der Waals surface area contributed by atoms with Crippen LogP contribution in [0.3, 0.4) is 0 Å². The van der Waals surface area contributed by atoms with Crippen LogP contribution in [0.5, 0.6) is 0 Å². The summed E-state index contributed by atoms with van der Waals surface area (Å²) in [4.78, 5) is 0. The van der Waals surface area contributed by atoms with Crippen molar-refractivity contribution in [2.45, 2.75) is 25.8 Å². The molecule has 0 radical (unpaired) electrons. The van der Waals surface area contributed by atoms with Gasteiger partial charge in [-0.15, -0.1) is 0 Å². The minimum atomic E-state index is 0.0692. The average Bonchev–Trinajstić information content (AvgIpc) is 2.85. The molecule has 0 saturated carbocycles. The highest BCUT2D eigenvalue weighted by Crippen LogP contribution is 2.27. The van der Waals surface area contributed by atoms with Crippen molar-refractivity contribution in [3.63, 3.8) is 0 Å². The molecule has 0 aliphatic carbocycles. The Morgan fingerprint density at radius 2 is 1.90 bits per heavy atom. The Kier molecular flexibility index (Phi) is 5.79. The Bertz CT molecular complexity index is 568. The molecule has 0 aliphatic rings. The summed E-state index contributed by atoms with van der Waals surface area (Å²) < 4.78 is 5.51. The van der Waals surface area contributed by atoms with E-state index in [0.29, 0.717) is 15.3 Å². The van der Waals surface area contributed by atoms with E-state index in [1.54, 1.807) is 6.07 Å². The number of furan rings is 1. The first-order chi connectivity index (χ1) is 9.60. The van der Waals surface area contributed by atoms with Crippen molar-refractivity contribution in [1.29, 1.82) is 0 Å². The number of halogens is 3. The minimum Gasteiger partial charge on any atom is -0.448 e. The van der Waals surface area contributed by atoms with Crippen LogP contribution in [0.25, 0.3) is 0 Å². The lowest BCUT2D eigenvalue weighted by Gasteiger charge is -2.16. The minimum absolute atomic E-state index is 0.0692. The highest BCUT2D eigenvalue weighted by molar-refractivity contribution is 6.42. The van der Waals surface area contributed by atoms with Gasteiger partial charge in [0, 0.05) is 0 Å². The first-order valence-corrected chi connectivity index (χ1v) is 7.66. The van der Waals surface area contributed by atoms with Gasteiger partial charge >= 0.3 is 0 Å². The molecule has 2 rings (SSSR count). The Labute approximate surface area is 134 Å². The second-order valence-electron chi connectivity index (χ2n) is 4.60. The van der Waals surface area contributed by atoms with E-state index >= 15 is 0 Å². The van der Waals surface area contributed by atoms with Crippen LogP contribution in [-0.4, -0.2) is 6.54 Å². The van der Waals surface area contributed by atoms with Gasteiger partial charge in [-0.25, -0.2) is 0 Å². The number of benzene rings is 1. The topological polar surface area (TPSA) is 25.2 Å². The number of nitrogens with one attached hydrogen (secondary N) is 1.